The van der Waals surface area contributed by atoms with Gasteiger partial charge in [0.15, 0.2) is 0 Å². The monoisotopic (exact) mass is 516 g/mol. The van der Waals surface area contributed by atoms with Gasteiger partial charge in [0, 0.05) is 27.1 Å². The molecule has 0 fully saturated rings. The van der Waals surface area contributed by atoms with Crippen LogP contribution in [-0.4, -0.2) is 14.5 Å². The van der Waals surface area contributed by atoms with Crippen LogP contribution in [0.15, 0.2) is 132 Å². The molecule has 0 atom stereocenters. The summed E-state index contributed by atoms with van der Waals surface area (Å²) < 4.78 is 50.8. The van der Waals surface area contributed by atoms with Crippen molar-refractivity contribution < 1.29 is 11.3 Å². The van der Waals surface area contributed by atoms with E-state index in [9.17, 15) is 0 Å². The van der Waals surface area contributed by atoms with Crippen LogP contribution in [0, 0.1) is 0 Å². The van der Waals surface area contributed by atoms with Crippen LogP contribution in [0.1, 0.15) is 6.85 Å². The molecule has 0 N–H and O–H groups in total. The summed E-state index contributed by atoms with van der Waals surface area (Å²) in [6.45, 7) is 0. The van der Waals surface area contributed by atoms with Gasteiger partial charge < -0.3 is 4.42 Å². The minimum absolute atomic E-state index is 0.0340. The Kier molecular flexibility index (Phi) is 3.44. The second-order valence-electron chi connectivity index (χ2n) is 9.88. The highest BCUT2D eigenvalue weighted by Gasteiger charge is 2.21. The highest BCUT2D eigenvalue weighted by molar-refractivity contribution is 6.25. The van der Waals surface area contributed by atoms with Gasteiger partial charge in [-0.15, -0.1) is 0 Å². The lowest BCUT2D eigenvalue weighted by Gasteiger charge is -2.12. The maximum Gasteiger partial charge on any atom is 0.235 e. The zero-order chi connectivity index (χ0) is 30.6. The fourth-order valence-electron chi connectivity index (χ4n) is 5.91. The average Bonchev–Trinajstić information content (AvgIpc) is 3.60. The molecular formula is C36H21N3O. The van der Waals surface area contributed by atoms with E-state index >= 15 is 0 Å². The molecule has 40 heavy (non-hydrogen) atoms. The van der Waals surface area contributed by atoms with E-state index in [0.29, 0.717) is 16.9 Å². The molecule has 186 valence electrons. The summed E-state index contributed by atoms with van der Waals surface area (Å²) in [5.74, 6) is 0.321. The minimum Gasteiger partial charge on any atom is -0.455 e. The van der Waals surface area contributed by atoms with E-state index in [1.165, 1.54) is 0 Å². The van der Waals surface area contributed by atoms with Crippen LogP contribution in [0.4, 0.5) is 0 Å². The summed E-state index contributed by atoms with van der Waals surface area (Å²) in [4.78, 5) is 10.0. The Labute approximate surface area is 235 Å². The first-order chi connectivity index (χ1) is 21.9. The second-order valence-corrected chi connectivity index (χ2v) is 9.88. The summed E-state index contributed by atoms with van der Waals surface area (Å²) in [7, 11) is 0. The predicted octanol–water partition coefficient (Wildman–Crippen LogP) is 9.45. The molecule has 3 heterocycles. The number of aromatic nitrogens is 3. The zero-order valence-corrected chi connectivity index (χ0v) is 21.0. The zero-order valence-electron chi connectivity index (χ0n) is 26.0. The van der Waals surface area contributed by atoms with Gasteiger partial charge in [-0.05, 0) is 47.2 Å². The number of fused-ring (bicyclic) bond motifs is 9. The fraction of sp³-hybridized carbons (Fsp3) is 0. The Morgan fingerprint density at radius 1 is 0.625 bits per heavy atom. The summed E-state index contributed by atoms with van der Waals surface area (Å²) in [5.41, 5.74) is 4.14. The Morgan fingerprint density at radius 2 is 1.38 bits per heavy atom. The molecule has 0 unspecified atom stereocenters. The van der Waals surface area contributed by atoms with Crippen molar-refractivity contribution in [2.45, 2.75) is 0 Å². The first-order valence-corrected chi connectivity index (χ1v) is 13.0. The SMILES string of the molecule is [2H]c1c([2H])c([2H])c(-c2nc(-n3c4cc5ccccc5cc4c4c5oc6ccccc6c5ccc43)nc3ccccc23)c([2H])c1[2H]. The Hall–Kier alpha value is -5.48. The van der Waals surface area contributed by atoms with Crippen molar-refractivity contribution in [2.24, 2.45) is 0 Å². The normalized spacial score (nSPS) is 13.8. The lowest BCUT2D eigenvalue weighted by atomic mass is 10.0. The van der Waals surface area contributed by atoms with Crippen LogP contribution in [0.5, 0.6) is 0 Å². The molecular weight excluding hydrogens is 490 g/mol. The molecule has 6 aromatic carbocycles. The van der Waals surface area contributed by atoms with Gasteiger partial charge in [0.25, 0.3) is 0 Å². The van der Waals surface area contributed by atoms with Crippen molar-refractivity contribution in [1.82, 2.24) is 14.5 Å². The van der Waals surface area contributed by atoms with E-state index in [1.54, 1.807) is 0 Å². The molecule has 4 nitrogen and oxygen atoms in total. The lowest BCUT2D eigenvalue weighted by Crippen LogP contribution is -2.03. The number of para-hydroxylation sites is 2. The van der Waals surface area contributed by atoms with E-state index in [4.69, 9.17) is 21.2 Å². The number of hydrogen-bond donors (Lipinski definition) is 0. The summed E-state index contributed by atoms with van der Waals surface area (Å²) in [6.07, 6.45) is 0. The van der Waals surface area contributed by atoms with E-state index in [-0.39, 0.29) is 23.3 Å². The maximum absolute atomic E-state index is 8.74. The van der Waals surface area contributed by atoms with Crippen LogP contribution in [0.25, 0.3) is 82.6 Å². The lowest BCUT2D eigenvalue weighted by molar-refractivity contribution is 0.673. The Balaban J connectivity index is 1.47. The average molecular weight is 517 g/mol. The van der Waals surface area contributed by atoms with Crippen molar-refractivity contribution >= 4 is 65.4 Å². The van der Waals surface area contributed by atoms with Crippen LogP contribution >= 0.6 is 0 Å². The topological polar surface area (TPSA) is 43.9 Å². The van der Waals surface area contributed by atoms with Crippen molar-refractivity contribution in [3.8, 4) is 17.2 Å². The molecule has 4 heteroatoms. The molecule has 9 aromatic rings. The molecule has 3 aromatic heterocycles. The molecule has 0 aliphatic rings. The van der Waals surface area contributed by atoms with Crippen LogP contribution in [-0.2, 0) is 0 Å². The summed E-state index contributed by atoms with van der Waals surface area (Å²) >= 11 is 0. The third kappa shape index (κ3) is 2.96. The number of rotatable bonds is 2. The van der Waals surface area contributed by atoms with Crippen LogP contribution in [0.3, 0.4) is 0 Å². The second kappa shape index (κ2) is 8.01. The first-order valence-electron chi connectivity index (χ1n) is 15.5. The number of furan rings is 1. The highest BCUT2D eigenvalue weighted by Crippen LogP contribution is 2.41. The van der Waals surface area contributed by atoms with E-state index in [0.717, 1.165) is 54.5 Å². The molecule has 0 saturated carbocycles. The van der Waals surface area contributed by atoms with E-state index in [1.807, 2.05) is 65.2 Å². The van der Waals surface area contributed by atoms with Gasteiger partial charge in [-0.1, -0.05) is 90.9 Å². The Morgan fingerprint density at radius 3 is 2.25 bits per heavy atom. The fourth-order valence-corrected chi connectivity index (χ4v) is 5.91. The van der Waals surface area contributed by atoms with Crippen LogP contribution in [0.2, 0.25) is 0 Å². The van der Waals surface area contributed by atoms with Gasteiger partial charge in [0.05, 0.1) is 34.5 Å². The van der Waals surface area contributed by atoms with Crippen molar-refractivity contribution in [2.75, 3.05) is 0 Å². The molecule has 0 radical (unpaired) electrons. The summed E-state index contributed by atoms with van der Waals surface area (Å²) in [5, 5.41) is 6.63. The largest absolute Gasteiger partial charge is 0.455 e. The maximum atomic E-state index is 8.74. The first kappa shape index (κ1) is 17.2. The third-order valence-electron chi connectivity index (χ3n) is 7.67. The van der Waals surface area contributed by atoms with Gasteiger partial charge >= 0.3 is 0 Å². The number of benzene rings is 6. The molecule has 0 spiro atoms. The van der Waals surface area contributed by atoms with Gasteiger partial charge in [0.2, 0.25) is 5.95 Å². The predicted molar refractivity (Wildman–Crippen MR) is 164 cm³/mol. The van der Waals surface area contributed by atoms with Gasteiger partial charge in [-0.3, -0.25) is 4.57 Å². The Bertz CT molecular complexity index is 2700. The number of hydrogen-bond acceptors (Lipinski definition) is 3. The van der Waals surface area contributed by atoms with E-state index < -0.39 is 18.1 Å². The van der Waals surface area contributed by atoms with Crippen molar-refractivity contribution in [3.63, 3.8) is 0 Å². The third-order valence-corrected chi connectivity index (χ3v) is 7.67. The molecule has 0 aliphatic carbocycles. The van der Waals surface area contributed by atoms with Crippen molar-refractivity contribution in [1.29, 1.82) is 0 Å². The van der Waals surface area contributed by atoms with Crippen LogP contribution < -0.4 is 0 Å². The van der Waals surface area contributed by atoms with Gasteiger partial charge in [-0.25, -0.2) is 9.97 Å². The standard InChI is InChI=1S/C36H21N3O/c1-2-10-22(11-3-1)34-27-15-6-8-16-29(27)37-36(38-34)39-30-19-18-26-25-14-7-9-17-32(25)40-35(26)33(30)28-20-23-12-4-5-13-24(23)21-31(28)39/h1-21H/i1D,2D,3D,10D,11D. The highest BCUT2D eigenvalue weighted by atomic mass is 16.3. The van der Waals surface area contributed by atoms with Gasteiger partial charge in [0.1, 0.15) is 11.2 Å². The van der Waals surface area contributed by atoms with Gasteiger partial charge in [-0.2, -0.15) is 0 Å². The molecule has 0 bridgehead atoms. The molecule has 0 aliphatic heterocycles. The minimum atomic E-state index is -0.448. The summed E-state index contributed by atoms with van der Waals surface area (Å²) in [6, 6.07) is 30.0. The smallest absolute Gasteiger partial charge is 0.235 e. The molecule has 9 rings (SSSR count). The molecule has 0 saturated heterocycles. The number of nitrogens with zero attached hydrogens (tertiary/aromatic N) is 3. The van der Waals surface area contributed by atoms with Crippen molar-refractivity contribution in [3.05, 3.63) is 127 Å². The molecule has 0 amide bonds. The van der Waals surface area contributed by atoms with E-state index in [2.05, 4.69) is 36.4 Å². The quantitative estimate of drug-likeness (QED) is 0.230.